The van der Waals surface area contributed by atoms with Crippen molar-refractivity contribution in [2.24, 2.45) is 0 Å². The Balaban J connectivity index is -0.0000000463. The molecule has 0 aromatic rings. The number of carbonyl (C=O) groups excluding carboxylic acids is 2. The van der Waals surface area contributed by atoms with Crippen molar-refractivity contribution >= 4 is 30.2 Å². The molecule has 17 heteroatoms. The Morgan fingerprint density at radius 3 is 0.880 bits per heavy atom. The first-order chi connectivity index (χ1) is 9.24. The van der Waals surface area contributed by atoms with Crippen LogP contribution in [0, 0.1) is 0 Å². The first kappa shape index (κ1) is 45.0. The van der Waals surface area contributed by atoms with Crippen LogP contribution in [0.3, 0.4) is 0 Å². The zero-order valence-electron chi connectivity index (χ0n) is 13.9. The third-order valence-corrected chi connectivity index (χ3v) is 1.29. The quantitative estimate of drug-likeness (QED) is 0.311. The van der Waals surface area contributed by atoms with Crippen molar-refractivity contribution in [2.45, 2.75) is 18.4 Å². The molecule has 0 aliphatic carbocycles. The summed E-state index contributed by atoms with van der Waals surface area (Å²) < 4.78 is 0. The zero-order valence-corrected chi connectivity index (χ0v) is 21.9. The predicted octanol–water partition coefficient (Wildman–Crippen LogP) is -18.1. The van der Waals surface area contributed by atoms with Gasteiger partial charge >= 0.3 is 136 Å². The Morgan fingerprint density at radius 2 is 0.800 bits per heavy atom. The summed E-state index contributed by atoms with van der Waals surface area (Å²) >= 11 is 0. The van der Waals surface area contributed by atoms with Gasteiger partial charge in [-0.25, -0.2) is 4.79 Å². The smallest absolute Gasteiger partial charge is 0.652 e. The molecule has 122 valence electrons. The molecule has 0 amide bonds. The van der Waals surface area contributed by atoms with Crippen molar-refractivity contribution in [3.05, 3.63) is 0 Å². The maximum atomic E-state index is 10.3. The van der Waals surface area contributed by atoms with E-state index >= 15 is 0 Å². The Kier molecular flexibility index (Phi) is 44.8. The summed E-state index contributed by atoms with van der Waals surface area (Å²) in [4.78, 5) is 47.2. The van der Waals surface area contributed by atoms with Crippen molar-refractivity contribution in [2.75, 3.05) is 0 Å². The minimum atomic E-state index is -2.74. The monoisotopic (exact) mass is 404 g/mol. The summed E-state index contributed by atoms with van der Waals surface area (Å²) in [5.41, 5.74) is -2.74. The Hall–Kier alpha value is 0.910. The summed E-state index contributed by atoms with van der Waals surface area (Å²) in [7, 11) is 0. The van der Waals surface area contributed by atoms with Gasteiger partial charge in [0.2, 0.25) is 0 Å². The van der Waals surface area contributed by atoms with Crippen molar-refractivity contribution in [3.8, 4) is 0 Å². The zero-order chi connectivity index (χ0) is 17.8. The van der Waals surface area contributed by atoms with E-state index in [1.807, 2.05) is 0 Å². The van der Waals surface area contributed by atoms with E-state index in [1.165, 1.54) is 0 Å². The molecule has 0 fully saturated rings. The molecule has 0 aromatic heterocycles. The van der Waals surface area contributed by atoms with Gasteiger partial charge in [0.15, 0.2) is 5.60 Å². The van der Waals surface area contributed by atoms with E-state index in [1.54, 1.807) is 0 Å². The van der Waals surface area contributed by atoms with Gasteiger partial charge in [-0.15, -0.1) is 0 Å². The van der Waals surface area contributed by atoms with E-state index in [2.05, 4.69) is 0 Å². The number of carboxylic acids is 3. The molecule has 0 heterocycles. The van der Waals surface area contributed by atoms with Crippen molar-refractivity contribution in [1.82, 2.24) is 0 Å². The first-order valence-electron chi connectivity index (χ1n) is 4.40. The largest absolute Gasteiger partial charge is 1.00 e. The fraction of sp³-hybridized carbons (Fsp3) is 0.375. The number of hydrogen-bond donors (Lipinski definition) is 4. The topological polar surface area (TPSA) is 259 Å². The van der Waals surface area contributed by atoms with Crippen LogP contribution in [0.5, 0.6) is 0 Å². The second-order valence-electron chi connectivity index (χ2n) is 2.98. The van der Waals surface area contributed by atoms with E-state index in [0.717, 1.165) is 0 Å². The first-order valence-corrected chi connectivity index (χ1v) is 4.40. The number of hydrogen-bond acceptors (Lipinski definition) is 10. The number of aliphatic hydroxyl groups is 1. The van der Waals surface area contributed by atoms with Gasteiger partial charge < -0.3 is 50.4 Å². The molecule has 0 atom stereocenters. The van der Waals surface area contributed by atoms with Crippen LogP contribution in [-0.2, 0) is 14.4 Å². The molecule has 0 saturated heterocycles. The average Bonchev–Trinajstić information content (AvgIpc) is 2.11. The Morgan fingerprint density at radius 1 is 0.640 bits per heavy atom. The normalized spacial score (nSPS) is 7.56. The average molecular weight is 404 g/mol. The molecular weight excluding hydrogens is 396 g/mol. The molecular formula is C8H8Na4O13. The van der Waals surface area contributed by atoms with E-state index in [9.17, 15) is 14.4 Å². The Labute approximate surface area is 228 Å². The fourth-order valence-corrected chi connectivity index (χ4v) is 0.714. The van der Waals surface area contributed by atoms with Crippen molar-refractivity contribution in [3.63, 3.8) is 0 Å². The second-order valence-corrected chi connectivity index (χ2v) is 2.98. The summed E-state index contributed by atoms with van der Waals surface area (Å²) in [6, 6.07) is 0. The third-order valence-electron chi connectivity index (χ3n) is 1.29. The van der Waals surface area contributed by atoms with E-state index in [-0.39, 0.29) is 118 Å². The van der Waals surface area contributed by atoms with Gasteiger partial charge in [0.05, 0.1) is 12.8 Å². The second kappa shape index (κ2) is 24.9. The number of rotatable bonds is 5. The van der Waals surface area contributed by atoms with Gasteiger partial charge in [0, 0.05) is 0 Å². The maximum absolute atomic E-state index is 10.3. The minimum Gasteiger partial charge on any atom is -0.652 e. The molecule has 25 heavy (non-hydrogen) atoms. The van der Waals surface area contributed by atoms with Crippen LogP contribution in [0.25, 0.3) is 0 Å². The molecule has 0 aromatic carbocycles. The van der Waals surface area contributed by atoms with Gasteiger partial charge in [0.25, 0.3) is 0 Å². The SMILES string of the molecule is O=C(O)CC(O)(CC(=O)O)C(=O)O.O=C([O-])[O-].O=C([O-])[O-].[Na+].[Na+].[Na+].[Na+]. The minimum absolute atomic E-state index is 0. The van der Waals surface area contributed by atoms with Crippen LogP contribution in [0.15, 0.2) is 0 Å². The molecule has 0 aliphatic heterocycles. The van der Waals surface area contributed by atoms with E-state index < -0.39 is 48.7 Å². The molecule has 0 spiro atoms. The summed E-state index contributed by atoms with van der Waals surface area (Å²) in [5, 5.41) is 67.1. The van der Waals surface area contributed by atoms with Crippen molar-refractivity contribution in [1.29, 1.82) is 0 Å². The van der Waals surface area contributed by atoms with E-state index in [0.29, 0.717) is 0 Å². The molecule has 0 radical (unpaired) electrons. The molecule has 0 saturated carbocycles. The summed E-state index contributed by atoms with van der Waals surface area (Å²) in [5.74, 6) is -5.02. The summed E-state index contributed by atoms with van der Waals surface area (Å²) in [6.07, 6.45) is -6.96. The predicted molar refractivity (Wildman–Crippen MR) is 47.9 cm³/mol. The van der Waals surface area contributed by atoms with Gasteiger partial charge in [-0.3, -0.25) is 9.59 Å². The van der Waals surface area contributed by atoms with Crippen LogP contribution >= 0.6 is 0 Å². The molecule has 13 nitrogen and oxygen atoms in total. The van der Waals surface area contributed by atoms with Crippen molar-refractivity contribution < 1.29 is 183 Å². The molecule has 0 unspecified atom stereocenters. The number of carbonyl (C=O) groups is 5. The third kappa shape index (κ3) is 45.7. The number of carboxylic acid groups (broad SMARTS) is 7. The van der Waals surface area contributed by atoms with E-state index in [4.69, 9.17) is 50.4 Å². The van der Waals surface area contributed by atoms with Crippen LogP contribution in [-0.4, -0.2) is 56.2 Å². The van der Waals surface area contributed by atoms with Crippen LogP contribution in [0.2, 0.25) is 0 Å². The standard InChI is InChI=1S/C6H8O7.2CH2O3.4Na/c7-3(8)1-6(13,5(11)12)2-4(9)10;2*2-1(3)4;;;;/h13H,1-2H2,(H,7,8)(H,9,10)(H,11,12);2*(H2,2,3,4);;;;/q;;;4*+1/p-4. The maximum Gasteiger partial charge on any atom is 1.00 e. The summed E-state index contributed by atoms with van der Waals surface area (Å²) in [6.45, 7) is 0. The number of aliphatic carboxylic acids is 3. The van der Waals surface area contributed by atoms with Crippen LogP contribution in [0.1, 0.15) is 12.8 Å². The Bertz CT molecular complexity index is 377. The van der Waals surface area contributed by atoms with Crippen LogP contribution < -0.4 is 139 Å². The van der Waals surface area contributed by atoms with Gasteiger partial charge in [-0.05, 0) is 12.3 Å². The molecule has 0 rings (SSSR count). The van der Waals surface area contributed by atoms with Gasteiger partial charge in [-0.1, -0.05) is 0 Å². The van der Waals surface area contributed by atoms with Crippen LogP contribution in [0.4, 0.5) is 9.59 Å². The molecule has 0 aliphatic rings. The molecule has 4 N–H and O–H groups in total. The molecule has 0 bridgehead atoms. The van der Waals surface area contributed by atoms with Gasteiger partial charge in [0.1, 0.15) is 0 Å². The fourth-order valence-electron chi connectivity index (χ4n) is 0.714. The van der Waals surface area contributed by atoms with Gasteiger partial charge in [-0.2, -0.15) is 0 Å².